The van der Waals surface area contributed by atoms with Crippen LogP contribution < -0.4 is 0 Å². The Kier molecular flexibility index (Phi) is 5.72. The highest BCUT2D eigenvalue weighted by atomic mass is 32.1. The quantitative estimate of drug-likeness (QED) is 0.585. The van der Waals surface area contributed by atoms with Crippen molar-refractivity contribution in [3.05, 3.63) is 58.8 Å². The van der Waals surface area contributed by atoms with E-state index in [1.807, 2.05) is 16.8 Å². The van der Waals surface area contributed by atoms with Crippen LogP contribution in [-0.4, -0.2) is 45.6 Å². The van der Waals surface area contributed by atoms with E-state index in [2.05, 4.69) is 54.5 Å². The van der Waals surface area contributed by atoms with Crippen molar-refractivity contribution in [2.75, 3.05) is 26.3 Å². The molecular formula is C22H28N4O2S. The van der Waals surface area contributed by atoms with Crippen LogP contribution in [-0.2, 0) is 23.4 Å². The van der Waals surface area contributed by atoms with Crippen LogP contribution in [0.15, 0.2) is 47.1 Å². The summed E-state index contributed by atoms with van der Waals surface area (Å²) >= 11 is 5.80. The third kappa shape index (κ3) is 4.52. The molecule has 4 rings (SSSR count). The predicted molar refractivity (Wildman–Crippen MR) is 115 cm³/mol. The van der Waals surface area contributed by atoms with Gasteiger partial charge in [0.2, 0.25) is 0 Å². The standard InChI is InChI=1S/C22H28N4O2S/c1-22(2,3)18-8-6-17(7-9-18)20-23-26(16-24-10-13-27-14-11-24)21(29)25(20)15-19-5-4-12-28-19/h4-9,12H,10-11,13-16H2,1-3H3. The molecule has 1 saturated heterocycles. The number of rotatable bonds is 5. The van der Waals surface area contributed by atoms with E-state index in [4.69, 9.17) is 26.5 Å². The van der Waals surface area contributed by atoms with E-state index in [9.17, 15) is 0 Å². The number of aromatic nitrogens is 3. The van der Waals surface area contributed by atoms with Crippen molar-refractivity contribution < 1.29 is 9.15 Å². The number of ether oxygens (including phenoxy) is 1. The molecule has 0 spiro atoms. The van der Waals surface area contributed by atoms with Gasteiger partial charge in [-0.1, -0.05) is 45.0 Å². The van der Waals surface area contributed by atoms with Crippen LogP contribution in [0.2, 0.25) is 0 Å². The van der Waals surface area contributed by atoms with E-state index < -0.39 is 0 Å². The molecule has 0 aliphatic carbocycles. The van der Waals surface area contributed by atoms with Gasteiger partial charge in [0.15, 0.2) is 10.6 Å². The second-order valence-corrected chi connectivity index (χ2v) is 8.84. The van der Waals surface area contributed by atoms with Crippen molar-refractivity contribution in [1.29, 1.82) is 0 Å². The highest BCUT2D eigenvalue weighted by Gasteiger charge is 2.19. The van der Waals surface area contributed by atoms with Crippen molar-refractivity contribution in [1.82, 2.24) is 19.2 Å². The van der Waals surface area contributed by atoms with Gasteiger partial charge in [0.25, 0.3) is 0 Å². The Morgan fingerprint density at radius 2 is 1.79 bits per heavy atom. The van der Waals surface area contributed by atoms with Crippen LogP contribution in [0.5, 0.6) is 0 Å². The first kappa shape index (κ1) is 20.1. The first-order chi connectivity index (χ1) is 13.9. The lowest BCUT2D eigenvalue weighted by Gasteiger charge is -2.26. The van der Waals surface area contributed by atoms with Gasteiger partial charge in [0, 0.05) is 18.7 Å². The van der Waals surface area contributed by atoms with Gasteiger partial charge in [-0.25, -0.2) is 4.68 Å². The zero-order chi connectivity index (χ0) is 20.4. The monoisotopic (exact) mass is 412 g/mol. The van der Waals surface area contributed by atoms with E-state index in [0.717, 1.165) is 43.5 Å². The van der Waals surface area contributed by atoms with E-state index in [-0.39, 0.29) is 5.41 Å². The molecule has 0 atom stereocenters. The number of furan rings is 1. The number of hydrogen-bond acceptors (Lipinski definition) is 5. The van der Waals surface area contributed by atoms with E-state index in [0.29, 0.717) is 18.0 Å². The fraction of sp³-hybridized carbons (Fsp3) is 0.455. The Morgan fingerprint density at radius 1 is 1.07 bits per heavy atom. The maximum atomic E-state index is 5.80. The number of benzene rings is 1. The molecule has 6 nitrogen and oxygen atoms in total. The minimum atomic E-state index is 0.113. The lowest BCUT2D eigenvalue weighted by atomic mass is 9.87. The number of morpholine rings is 1. The third-order valence-corrected chi connectivity index (χ3v) is 5.69. The zero-order valence-electron chi connectivity index (χ0n) is 17.3. The highest BCUT2D eigenvalue weighted by Crippen LogP contribution is 2.26. The summed E-state index contributed by atoms with van der Waals surface area (Å²) in [6.07, 6.45) is 1.69. The zero-order valence-corrected chi connectivity index (χ0v) is 18.1. The summed E-state index contributed by atoms with van der Waals surface area (Å²) in [6, 6.07) is 12.5. The molecule has 0 bridgehead atoms. The summed E-state index contributed by atoms with van der Waals surface area (Å²) in [7, 11) is 0. The SMILES string of the molecule is CC(C)(C)c1ccc(-c2nn(CN3CCOCC3)c(=S)n2Cc2ccco2)cc1. The van der Waals surface area contributed by atoms with Gasteiger partial charge >= 0.3 is 0 Å². The summed E-state index contributed by atoms with van der Waals surface area (Å²) < 4.78 is 15.7. The molecule has 3 heterocycles. The summed E-state index contributed by atoms with van der Waals surface area (Å²) in [5, 5.41) is 4.90. The smallest absolute Gasteiger partial charge is 0.199 e. The number of nitrogens with zero attached hydrogens (tertiary/aromatic N) is 4. The van der Waals surface area contributed by atoms with Gasteiger partial charge < -0.3 is 9.15 Å². The van der Waals surface area contributed by atoms with Gasteiger partial charge in [0.1, 0.15) is 5.76 Å². The first-order valence-corrected chi connectivity index (χ1v) is 10.4. The molecule has 0 N–H and O–H groups in total. The summed E-state index contributed by atoms with van der Waals surface area (Å²) in [5.41, 5.74) is 2.46. The molecular weight excluding hydrogens is 384 g/mol. The van der Waals surface area contributed by atoms with Gasteiger partial charge in [-0.2, -0.15) is 5.10 Å². The van der Waals surface area contributed by atoms with Crippen LogP contribution in [0.1, 0.15) is 32.1 Å². The fourth-order valence-corrected chi connectivity index (χ4v) is 3.75. The van der Waals surface area contributed by atoms with Crippen LogP contribution in [0.4, 0.5) is 0 Å². The molecule has 7 heteroatoms. The molecule has 29 heavy (non-hydrogen) atoms. The van der Waals surface area contributed by atoms with E-state index in [1.54, 1.807) is 6.26 Å². The Bertz CT molecular complexity index is 991. The molecule has 0 radical (unpaired) electrons. The van der Waals surface area contributed by atoms with Crippen LogP contribution in [0.25, 0.3) is 11.4 Å². The van der Waals surface area contributed by atoms with Crippen molar-refractivity contribution in [3.8, 4) is 11.4 Å². The Labute approximate surface area is 176 Å². The highest BCUT2D eigenvalue weighted by molar-refractivity contribution is 7.71. The van der Waals surface area contributed by atoms with Gasteiger partial charge in [-0.3, -0.25) is 9.47 Å². The van der Waals surface area contributed by atoms with E-state index >= 15 is 0 Å². The second kappa shape index (κ2) is 8.26. The Morgan fingerprint density at radius 3 is 2.41 bits per heavy atom. The maximum absolute atomic E-state index is 5.80. The Hall–Kier alpha value is -2.22. The minimum absolute atomic E-state index is 0.113. The molecule has 2 aromatic heterocycles. The van der Waals surface area contributed by atoms with Crippen LogP contribution >= 0.6 is 12.2 Å². The molecule has 1 fully saturated rings. The second-order valence-electron chi connectivity index (χ2n) is 8.47. The summed E-state index contributed by atoms with van der Waals surface area (Å²) in [4.78, 5) is 2.32. The van der Waals surface area contributed by atoms with Gasteiger partial charge in [-0.15, -0.1) is 0 Å². The predicted octanol–water partition coefficient (Wildman–Crippen LogP) is 4.31. The lowest BCUT2D eigenvalue weighted by molar-refractivity contribution is 0.0209. The maximum Gasteiger partial charge on any atom is 0.199 e. The third-order valence-electron chi connectivity index (χ3n) is 5.26. The van der Waals surface area contributed by atoms with E-state index in [1.165, 1.54) is 5.56 Å². The molecule has 154 valence electrons. The summed E-state index contributed by atoms with van der Waals surface area (Å²) in [5.74, 6) is 1.72. The van der Waals surface area contributed by atoms with Crippen LogP contribution in [0.3, 0.4) is 0 Å². The van der Waals surface area contributed by atoms with Crippen molar-refractivity contribution in [3.63, 3.8) is 0 Å². The Balaban J connectivity index is 1.70. The fourth-order valence-electron chi connectivity index (χ4n) is 3.50. The molecule has 0 saturated carbocycles. The molecule has 1 aliphatic rings. The van der Waals surface area contributed by atoms with Crippen molar-refractivity contribution in [2.45, 2.75) is 39.4 Å². The minimum Gasteiger partial charge on any atom is -0.467 e. The molecule has 1 aliphatic heterocycles. The lowest BCUT2D eigenvalue weighted by Crippen LogP contribution is -2.37. The summed E-state index contributed by atoms with van der Waals surface area (Å²) in [6.45, 7) is 11.2. The molecule has 3 aromatic rings. The van der Waals surface area contributed by atoms with Gasteiger partial charge in [0.05, 0.1) is 32.7 Å². The molecule has 0 amide bonds. The largest absolute Gasteiger partial charge is 0.467 e. The van der Waals surface area contributed by atoms with Crippen molar-refractivity contribution in [2.24, 2.45) is 0 Å². The molecule has 1 aromatic carbocycles. The number of hydrogen-bond donors (Lipinski definition) is 0. The average Bonchev–Trinajstić information content (AvgIpc) is 3.32. The van der Waals surface area contributed by atoms with Crippen molar-refractivity contribution >= 4 is 12.2 Å². The normalized spacial score (nSPS) is 15.7. The molecule has 0 unspecified atom stereocenters. The average molecular weight is 413 g/mol. The first-order valence-electron chi connectivity index (χ1n) is 10.0. The van der Waals surface area contributed by atoms with Gasteiger partial charge in [-0.05, 0) is 35.3 Å². The topological polar surface area (TPSA) is 48.4 Å². The van der Waals surface area contributed by atoms with Crippen LogP contribution in [0, 0.1) is 4.77 Å².